The normalized spacial score (nSPS) is 57.3. The molecule has 0 amide bonds. The Balaban J connectivity index is 2.02. The number of hydrogen-bond acceptors (Lipinski definition) is 2. The average Bonchev–Trinajstić information content (AvgIpc) is 2.46. The molecule has 62 valence electrons. The van der Waals surface area contributed by atoms with Crippen LogP contribution in [0.3, 0.4) is 0 Å². The van der Waals surface area contributed by atoms with E-state index in [0.29, 0.717) is 5.66 Å². The molecular formula is C9H16N2. The average molecular weight is 152 g/mol. The molecule has 3 heterocycles. The molecule has 3 aliphatic rings. The zero-order valence-corrected chi connectivity index (χ0v) is 7.30. The lowest BCUT2D eigenvalue weighted by atomic mass is 9.94. The van der Waals surface area contributed by atoms with Crippen molar-refractivity contribution in [3.63, 3.8) is 0 Å². The summed E-state index contributed by atoms with van der Waals surface area (Å²) >= 11 is 0. The molecule has 4 unspecified atom stereocenters. The minimum Gasteiger partial charge on any atom is -0.295 e. The second kappa shape index (κ2) is 1.64. The van der Waals surface area contributed by atoms with Gasteiger partial charge in [-0.1, -0.05) is 0 Å². The van der Waals surface area contributed by atoms with Crippen LogP contribution >= 0.6 is 0 Å². The highest BCUT2D eigenvalue weighted by Crippen LogP contribution is 2.46. The molecule has 0 aliphatic carbocycles. The molecule has 0 saturated carbocycles. The fourth-order valence-corrected chi connectivity index (χ4v) is 3.54. The van der Waals surface area contributed by atoms with Gasteiger partial charge < -0.3 is 0 Å². The van der Waals surface area contributed by atoms with Crippen LogP contribution in [0.15, 0.2) is 0 Å². The smallest absolute Gasteiger partial charge is 0.0662 e. The summed E-state index contributed by atoms with van der Waals surface area (Å²) in [5.41, 5.74) is 0.300. The van der Waals surface area contributed by atoms with E-state index in [1.165, 1.54) is 19.3 Å². The van der Waals surface area contributed by atoms with Gasteiger partial charge in [0.25, 0.3) is 0 Å². The van der Waals surface area contributed by atoms with Crippen LogP contribution in [0, 0.1) is 0 Å². The molecule has 4 atom stereocenters. The van der Waals surface area contributed by atoms with Gasteiger partial charge in [-0.15, -0.1) is 0 Å². The number of nitrogens with zero attached hydrogens (tertiary/aromatic N) is 1. The Morgan fingerprint density at radius 3 is 2.73 bits per heavy atom. The van der Waals surface area contributed by atoms with Gasteiger partial charge in [-0.25, -0.2) is 0 Å². The summed E-state index contributed by atoms with van der Waals surface area (Å²) in [5.74, 6) is 0. The summed E-state index contributed by atoms with van der Waals surface area (Å²) in [4.78, 5) is 2.71. The first-order valence-electron chi connectivity index (χ1n) is 4.75. The van der Waals surface area contributed by atoms with Crippen LogP contribution in [-0.2, 0) is 0 Å². The zero-order valence-electron chi connectivity index (χ0n) is 7.30. The molecule has 0 aromatic heterocycles. The summed E-state index contributed by atoms with van der Waals surface area (Å²) in [6.45, 7) is 4.63. The van der Waals surface area contributed by atoms with Gasteiger partial charge in [0.05, 0.1) is 5.66 Å². The Kier molecular flexibility index (Phi) is 0.961. The number of hydrogen-bond donors (Lipinski definition) is 1. The predicted molar refractivity (Wildman–Crippen MR) is 44.3 cm³/mol. The highest BCUT2D eigenvalue weighted by Gasteiger charge is 2.57. The molecule has 1 N–H and O–H groups in total. The van der Waals surface area contributed by atoms with E-state index in [9.17, 15) is 0 Å². The molecule has 0 spiro atoms. The van der Waals surface area contributed by atoms with Gasteiger partial charge in [-0.2, -0.15) is 0 Å². The molecule has 3 aliphatic heterocycles. The van der Waals surface area contributed by atoms with Gasteiger partial charge >= 0.3 is 0 Å². The molecule has 11 heavy (non-hydrogen) atoms. The SMILES string of the molecule is CC1(C)NC2CC3CCC2N31. The van der Waals surface area contributed by atoms with Crippen molar-refractivity contribution in [3.8, 4) is 0 Å². The molecule has 2 nitrogen and oxygen atoms in total. The largest absolute Gasteiger partial charge is 0.295 e. The molecule has 3 fully saturated rings. The second-order valence-corrected chi connectivity index (χ2v) is 4.75. The lowest BCUT2D eigenvalue weighted by Crippen LogP contribution is -2.53. The van der Waals surface area contributed by atoms with E-state index in [0.717, 1.165) is 18.1 Å². The maximum absolute atomic E-state index is 3.69. The van der Waals surface area contributed by atoms with Gasteiger partial charge in [-0.05, 0) is 33.1 Å². The van der Waals surface area contributed by atoms with Gasteiger partial charge in [0.15, 0.2) is 0 Å². The second-order valence-electron chi connectivity index (χ2n) is 4.75. The van der Waals surface area contributed by atoms with Crippen LogP contribution in [0.1, 0.15) is 33.1 Å². The number of nitrogens with one attached hydrogen (secondary N) is 1. The van der Waals surface area contributed by atoms with Gasteiger partial charge in [-0.3, -0.25) is 10.2 Å². The van der Waals surface area contributed by atoms with Crippen molar-refractivity contribution in [2.45, 2.75) is 56.9 Å². The predicted octanol–water partition coefficient (Wildman–Crippen LogP) is 0.931. The molecule has 3 saturated heterocycles. The van der Waals surface area contributed by atoms with Gasteiger partial charge in [0.1, 0.15) is 0 Å². The molecule has 0 radical (unpaired) electrons. The maximum atomic E-state index is 3.69. The van der Waals surface area contributed by atoms with Crippen LogP contribution in [-0.4, -0.2) is 28.7 Å². The van der Waals surface area contributed by atoms with Crippen LogP contribution < -0.4 is 5.32 Å². The van der Waals surface area contributed by atoms with E-state index < -0.39 is 0 Å². The summed E-state index contributed by atoms with van der Waals surface area (Å²) in [6, 6.07) is 2.62. The first-order valence-corrected chi connectivity index (χ1v) is 4.75. The van der Waals surface area contributed by atoms with Crippen molar-refractivity contribution in [3.05, 3.63) is 0 Å². The Morgan fingerprint density at radius 1 is 1.36 bits per heavy atom. The van der Waals surface area contributed by atoms with E-state index in [-0.39, 0.29) is 0 Å². The molecular weight excluding hydrogens is 136 g/mol. The van der Waals surface area contributed by atoms with E-state index >= 15 is 0 Å². The number of rotatable bonds is 0. The monoisotopic (exact) mass is 152 g/mol. The van der Waals surface area contributed by atoms with Crippen LogP contribution in [0.25, 0.3) is 0 Å². The molecule has 0 aromatic rings. The molecule has 0 aromatic carbocycles. The van der Waals surface area contributed by atoms with E-state index in [4.69, 9.17) is 0 Å². The quantitative estimate of drug-likeness (QED) is 0.555. The van der Waals surface area contributed by atoms with Crippen molar-refractivity contribution < 1.29 is 0 Å². The topological polar surface area (TPSA) is 15.3 Å². The van der Waals surface area contributed by atoms with Crippen molar-refractivity contribution in [2.75, 3.05) is 0 Å². The maximum Gasteiger partial charge on any atom is 0.0662 e. The van der Waals surface area contributed by atoms with Gasteiger partial charge in [0.2, 0.25) is 0 Å². The van der Waals surface area contributed by atoms with Crippen molar-refractivity contribution in [1.82, 2.24) is 10.2 Å². The van der Waals surface area contributed by atoms with Crippen molar-refractivity contribution in [2.24, 2.45) is 0 Å². The summed E-state index contributed by atoms with van der Waals surface area (Å²) in [7, 11) is 0. The fraction of sp³-hybridized carbons (Fsp3) is 1.00. The van der Waals surface area contributed by atoms with Crippen molar-refractivity contribution >= 4 is 0 Å². The van der Waals surface area contributed by atoms with E-state index in [1.54, 1.807) is 0 Å². The third-order valence-electron chi connectivity index (χ3n) is 3.72. The van der Waals surface area contributed by atoms with Crippen LogP contribution in [0.2, 0.25) is 0 Å². The third-order valence-corrected chi connectivity index (χ3v) is 3.72. The van der Waals surface area contributed by atoms with E-state index in [2.05, 4.69) is 24.1 Å². The summed E-state index contributed by atoms with van der Waals surface area (Å²) in [5, 5.41) is 3.69. The lowest BCUT2D eigenvalue weighted by Gasteiger charge is -2.37. The Morgan fingerprint density at radius 2 is 2.18 bits per heavy atom. The van der Waals surface area contributed by atoms with Crippen LogP contribution in [0.5, 0.6) is 0 Å². The molecule has 4 bridgehead atoms. The molecule has 2 heteroatoms. The van der Waals surface area contributed by atoms with Crippen molar-refractivity contribution in [1.29, 1.82) is 0 Å². The third kappa shape index (κ3) is 0.611. The first-order chi connectivity index (χ1) is 5.18. The first kappa shape index (κ1) is 6.44. The van der Waals surface area contributed by atoms with Gasteiger partial charge in [0, 0.05) is 18.1 Å². The minimum atomic E-state index is 0.300. The highest BCUT2D eigenvalue weighted by atomic mass is 15.5. The van der Waals surface area contributed by atoms with E-state index in [1.807, 2.05) is 0 Å². The standard InChI is InChI=1S/C9H16N2/c1-9(2)10-7-5-6-3-4-8(7)11(6)9/h6-8,10H,3-5H2,1-2H3. The Labute approximate surface area is 68.0 Å². The highest BCUT2D eigenvalue weighted by molar-refractivity contribution is 5.14. The van der Waals surface area contributed by atoms with Crippen LogP contribution in [0.4, 0.5) is 0 Å². The fourth-order valence-electron chi connectivity index (χ4n) is 3.54. The Hall–Kier alpha value is -0.0800. The summed E-state index contributed by atoms with van der Waals surface area (Å²) < 4.78 is 0. The zero-order chi connectivity index (χ0) is 7.64. The minimum absolute atomic E-state index is 0.300. The molecule has 3 rings (SSSR count). The lowest BCUT2D eigenvalue weighted by molar-refractivity contribution is 0.100. The summed E-state index contributed by atoms with van der Waals surface area (Å²) in [6.07, 6.45) is 4.30. The Bertz CT molecular complexity index is 200.